The van der Waals surface area contributed by atoms with Crippen molar-refractivity contribution in [1.29, 1.82) is 0 Å². The molecule has 4 aromatic rings. The van der Waals surface area contributed by atoms with Crippen molar-refractivity contribution in [2.24, 2.45) is 0 Å². The Morgan fingerprint density at radius 3 is 2.36 bits per heavy atom. The summed E-state index contributed by atoms with van der Waals surface area (Å²) in [7, 11) is -3.34. The fraction of sp³-hybridized carbons (Fsp3) is 0.200. The van der Waals surface area contributed by atoms with Crippen molar-refractivity contribution >= 4 is 42.4 Å². The summed E-state index contributed by atoms with van der Waals surface area (Å²) in [6.45, 7) is 4.36. The molecule has 1 heterocycles. The van der Waals surface area contributed by atoms with E-state index >= 15 is 0 Å². The fourth-order valence-electron chi connectivity index (χ4n) is 3.42. The zero-order valence-electron chi connectivity index (χ0n) is 18.4. The third-order valence-electron chi connectivity index (χ3n) is 5.17. The third-order valence-corrected chi connectivity index (χ3v) is 7.96. The molecule has 0 radical (unpaired) electrons. The highest BCUT2D eigenvalue weighted by Gasteiger charge is 2.23. The van der Waals surface area contributed by atoms with Crippen molar-refractivity contribution in [3.8, 4) is 5.75 Å². The highest BCUT2D eigenvalue weighted by Crippen LogP contribution is 2.35. The van der Waals surface area contributed by atoms with Gasteiger partial charge in [0.15, 0.2) is 15.0 Å². The van der Waals surface area contributed by atoms with Crippen molar-refractivity contribution in [3.63, 3.8) is 0 Å². The first-order valence-corrected chi connectivity index (χ1v) is 13.1. The van der Waals surface area contributed by atoms with Gasteiger partial charge in [0.25, 0.3) is 5.91 Å². The molecule has 1 amide bonds. The van der Waals surface area contributed by atoms with E-state index in [0.29, 0.717) is 29.6 Å². The van der Waals surface area contributed by atoms with Crippen LogP contribution >= 0.6 is 11.3 Å². The van der Waals surface area contributed by atoms with E-state index in [0.717, 1.165) is 15.8 Å². The first kappa shape index (κ1) is 22.9. The number of hydrogen-bond acceptors (Lipinski definition) is 6. The Balaban J connectivity index is 1.75. The topological polar surface area (TPSA) is 76.6 Å². The number of ether oxygens (including phenoxy) is 1. The monoisotopic (exact) mass is 480 g/mol. The zero-order chi connectivity index (χ0) is 23.4. The fourth-order valence-corrected chi connectivity index (χ4v) is 5.28. The van der Waals surface area contributed by atoms with Crippen LogP contribution in [0.3, 0.4) is 0 Å². The Morgan fingerprint density at radius 1 is 0.970 bits per heavy atom. The molecule has 0 N–H and O–H groups in total. The minimum absolute atomic E-state index is 0.00823. The predicted octanol–water partition coefficient (Wildman–Crippen LogP) is 5.34. The molecular weight excluding hydrogens is 456 g/mol. The molecule has 0 aliphatic carbocycles. The van der Waals surface area contributed by atoms with E-state index in [4.69, 9.17) is 9.72 Å². The lowest BCUT2D eigenvalue weighted by molar-refractivity contribution is 0.0985. The maximum atomic E-state index is 13.6. The van der Waals surface area contributed by atoms with E-state index in [1.807, 2.05) is 55.5 Å². The van der Waals surface area contributed by atoms with Gasteiger partial charge in [-0.1, -0.05) is 54.7 Å². The number of nitrogens with zero attached hydrogens (tertiary/aromatic N) is 2. The molecular formula is C25H24N2O4S2. The minimum atomic E-state index is -3.34. The number of hydrogen-bond donors (Lipinski definition) is 0. The quantitative estimate of drug-likeness (QED) is 0.340. The van der Waals surface area contributed by atoms with Gasteiger partial charge < -0.3 is 4.74 Å². The van der Waals surface area contributed by atoms with Gasteiger partial charge in [-0.15, -0.1) is 0 Å². The molecule has 0 spiro atoms. The van der Waals surface area contributed by atoms with Gasteiger partial charge in [0.05, 0.1) is 28.5 Å². The molecule has 33 heavy (non-hydrogen) atoms. The highest BCUT2D eigenvalue weighted by atomic mass is 32.2. The number of rotatable bonds is 8. The molecule has 3 aromatic carbocycles. The van der Waals surface area contributed by atoms with Gasteiger partial charge in [0.1, 0.15) is 11.3 Å². The number of para-hydroxylation sites is 1. The molecule has 0 atom stereocenters. The number of anilines is 1. The maximum absolute atomic E-state index is 13.6. The SMILES string of the molecule is CCOc1cccc2sc(N(Cc3ccccc3)C(=O)c3ccc(S(=O)(=O)CC)cc3)nc12. The number of fused-ring (bicyclic) bond motifs is 1. The number of benzene rings is 3. The van der Waals surface area contributed by atoms with Gasteiger partial charge in [0, 0.05) is 5.56 Å². The standard InChI is InChI=1S/C25H24N2O4S2/c1-3-31-21-11-8-12-22-23(21)26-25(32-22)27(17-18-9-6-5-7-10-18)24(28)19-13-15-20(16-14-19)33(29,30)4-2/h5-16H,3-4,17H2,1-2H3. The second-order valence-corrected chi connectivity index (χ2v) is 10.6. The first-order valence-electron chi connectivity index (χ1n) is 10.6. The van der Waals surface area contributed by atoms with Crippen LogP contribution in [0.15, 0.2) is 77.7 Å². The van der Waals surface area contributed by atoms with E-state index in [2.05, 4.69) is 0 Å². The normalized spacial score (nSPS) is 11.5. The van der Waals surface area contributed by atoms with Crippen molar-refractivity contribution in [3.05, 3.63) is 83.9 Å². The highest BCUT2D eigenvalue weighted by molar-refractivity contribution is 7.91. The lowest BCUT2D eigenvalue weighted by Crippen LogP contribution is -2.30. The Labute approximate surface area is 197 Å². The number of thiazole rings is 1. The Bertz CT molecular complexity index is 1360. The molecule has 0 saturated heterocycles. The van der Waals surface area contributed by atoms with Crippen LogP contribution in [0, 0.1) is 0 Å². The second-order valence-electron chi connectivity index (χ2n) is 7.34. The summed E-state index contributed by atoms with van der Waals surface area (Å²) in [4.78, 5) is 20.2. The van der Waals surface area contributed by atoms with Crippen LogP contribution in [0.1, 0.15) is 29.8 Å². The Morgan fingerprint density at radius 2 is 1.70 bits per heavy atom. The molecule has 0 fully saturated rings. The maximum Gasteiger partial charge on any atom is 0.260 e. The summed E-state index contributed by atoms with van der Waals surface area (Å²) in [5.74, 6) is 0.434. The van der Waals surface area contributed by atoms with Crippen LogP contribution in [0.25, 0.3) is 10.2 Å². The Kier molecular flexibility index (Phi) is 6.76. The average molecular weight is 481 g/mol. The van der Waals surface area contributed by atoms with E-state index < -0.39 is 9.84 Å². The number of aromatic nitrogens is 1. The number of amides is 1. The summed E-state index contributed by atoms with van der Waals surface area (Å²) in [5, 5.41) is 0.552. The molecule has 4 rings (SSSR count). The summed E-state index contributed by atoms with van der Waals surface area (Å²) < 4.78 is 30.9. The molecule has 0 saturated carbocycles. The molecule has 0 aliphatic rings. The van der Waals surface area contributed by atoms with Crippen LogP contribution in [-0.2, 0) is 16.4 Å². The molecule has 170 valence electrons. The molecule has 1 aromatic heterocycles. The smallest absolute Gasteiger partial charge is 0.260 e. The van der Waals surface area contributed by atoms with Gasteiger partial charge in [-0.2, -0.15) is 0 Å². The van der Waals surface area contributed by atoms with Crippen molar-refractivity contribution in [2.45, 2.75) is 25.3 Å². The van der Waals surface area contributed by atoms with Crippen LogP contribution in [0.4, 0.5) is 5.13 Å². The zero-order valence-corrected chi connectivity index (χ0v) is 20.0. The van der Waals surface area contributed by atoms with Crippen LogP contribution in [0.2, 0.25) is 0 Å². The van der Waals surface area contributed by atoms with Crippen molar-refractivity contribution < 1.29 is 17.9 Å². The van der Waals surface area contributed by atoms with Gasteiger partial charge in [0.2, 0.25) is 0 Å². The third kappa shape index (κ3) is 4.91. The van der Waals surface area contributed by atoms with Gasteiger partial charge >= 0.3 is 0 Å². The predicted molar refractivity (Wildman–Crippen MR) is 132 cm³/mol. The molecule has 6 nitrogen and oxygen atoms in total. The molecule has 0 unspecified atom stereocenters. The lowest BCUT2D eigenvalue weighted by atomic mass is 10.1. The van der Waals surface area contributed by atoms with Gasteiger partial charge in [-0.3, -0.25) is 9.69 Å². The number of carbonyl (C=O) groups is 1. The van der Waals surface area contributed by atoms with E-state index in [9.17, 15) is 13.2 Å². The summed E-state index contributed by atoms with van der Waals surface area (Å²) in [5.41, 5.74) is 2.07. The largest absolute Gasteiger partial charge is 0.492 e. The van der Waals surface area contributed by atoms with Gasteiger partial charge in [-0.05, 0) is 48.9 Å². The van der Waals surface area contributed by atoms with Crippen LogP contribution in [-0.4, -0.2) is 31.7 Å². The summed E-state index contributed by atoms with van der Waals surface area (Å²) in [6.07, 6.45) is 0. The van der Waals surface area contributed by atoms with Crippen LogP contribution in [0.5, 0.6) is 5.75 Å². The van der Waals surface area contributed by atoms with E-state index in [1.165, 1.54) is 23.5 Å². The number of carbonyl (C=O) groups excluding carboxylic acids is 1. The lowest BCUT2D eigenvalue weighted by Gasteiger charge is -2.20. The van der Waals surface area contributed by atoms with Crippen molar-refractivity contribution in [1.82, 2.24) is 4.98 Å². The van der Waals surface area contributed by atoms with Gasteiger partial charge in [-0.25, -0.2) is 13.4 Å². The average Bonchev–Trinajstić information content (AvgIpc) is 3.28. The van der Waals surface area contributed by atoms with E-state index in [1.54, 1.807) is 24.0 Å². The summed E-state index contributed by atoms with van der Waals surface area (Å²) in [6, 6.07) is 21.5. The van der Waals surface area contributed by atoms with Crippen LogP contribution < -0.4 is 9.64 Å². The minimum Gasteiger partial charge on any atom is -0.492 e. The van der Waals surface area contributed by atoms with E-state index in [-0.39, 0.29) is 16.6 Å². The molecule has 0 aliphatic heterocycles. The first-order chi connectivity index (χ1) is 15.9. The molecule has 8 heteroatoms. The number of sulfone groups is 1. The molecule has 0 bridgehead atoms. The second kappa shape index (κ2) is 9.72. The van der Waals surface area contributed by atoms with Crippen molar-refractivity contribution in [2.75, 3.05) is 17.3 Å². The Hall–Kier alpha value is -3.23. The summed E-state index contributed by atoms with van der Waals surface area (Å²) >= 11 is 1.42.